The molecule has 0 rings (SSSR count). The molecular weight excluding hydrogens is 158 g/mol. The molecule has 0 atom stereocenters. The van der Waals surface area contributed by atoms with Gasteiger partial charge in [-0.3, -0.25) is 4.55 Å². The number of rotatable bonds is 2. The SMILES string of the molecule is O=S=NOS(=O)(=O)O. The quantitative estimate of drug-likeness (QED) is 0.417. The van der Waals surface area contributed by atoms with Crippen LogP contribution in [0.4, 0.5) is 0 Å². The fourth-order valence-corrected chi connectivity index (χ4v) is 0.458. The Bertz CT molecular complexity index is 194. The van der Waals surface area contributed by atoms with Crippen molar-refractivity contribution in [1.29, 1.82) is 0 Å². The fraction of sp³-hybridized carbons (Fsp3) is 0. The van der Waals surface area contributed by atoms with Crippen LogP contribution in [0.1, 0.15) is 0 Å². The Kier molecular flexibility index (Phi) is 2.76. The summed E-state index contributed by atoms with van der Waals surface area (Å²) in [5.41, 5.74) is 0. The molecule has 0 heterocycles. The third-order valence-electron chi connectivity index (χ3n) is 0.155. The van der Waals surface area contributed by atoms with Crippen LogP contribution >= 0.6 is 0 Å². The van der Waals surface area contributed by atoms with E-state index in [0.717, 1.165) is 0 Å². The van der Waals surface area contributed by atoms with E-state index in [-0.39, 0.29) is 0 Å². The second kappa shape index (κ2) is 2.87. The van der Waals surface area contributed by atoms with Gasteiger partial charge in [-0.25, -0.2) is 0 Å². The molecule has 0 saturated carbocycles. The van der Waals surface area contributed by atoms with Crippen LogP contribution in [-0.2, 0) is 26.1 Å². The van der Waals surface area contributed by atoms with Crippen LogP contribution in [-0.4, -0.2) is 17.2 Å². The first-order valence-electron chi connectivity index (χ1n) is 1.21. The highest BCUT2D eigenvalue weighted by Gasteiger charge is 2.00. The third kappa shape index (κ3) is 5.69. The predicted molar refractivity (Wildman–Crippen MR) is 23.2 cm³/mol. The fourth-order valence-electron chi connectivity index (χ4n) is 0.0509. The van der Waals surface area contributed by atoms with Gasteiger partial charge in [0.2, 0.25) is 11.5 Å². The van der Waals surface area contributed by atoms with Gasteiger partial charge < -0.3 is 0 Å². The number of nitrogens with zero attached hydrogens (tertiary/aromatic N) is 1. The molecule has 0 aromatic rings. The molecule has 0 aliphatic carbocycles. The third-order valence-corrected chi connectivity index (χ3v) is 0.648. The van der Waals surface area contributed by atoms with E-state index in [1.54, 1.807) is 0 Å². The van der Waals surface area contributed by atoms with Gasteiger partial charge in [0, 0.05) is 0 Å². The maximum Gasteiger partial charge on any atom is 0.421 e. The second-order valence-corrected chi connectivity index (χ2v) is 1.95. The monoisotopic (exact) mass is 159 g/mol. The molecule has 0 fully saturated rings. The summed E-state index contributed by atoms with van der Waals surface area (Å²) < 4.78 is 41.3. The Labute approximate surface area is 48.6 Å². The lowest BCUT2D eigenvalue weighted by Gasteiger charge is -1.80. The summed E-state index contributed by atoms with van der Waals surface area (Å²) in [6, 6.07) is 0. The molecule has 1 N–H and O–H groups in total. The highest BCUT2D eigenvalue weighted by atomic mass is 32.3. The lowest BCUT2D eigenvalue weighted by atomic mass is 13.6. The minimum atomic E-state index is -4.57. The van der Waals surface area contributed by atoms with Crippen molar-refractivity contribution in [2.45, 2.75) is 0 Å². The molecule has 0 aromatic carbocycles. The van der Waals surface area contributed by atoms with Crippen molar-refractivity contribution < 1.29 is 21.5 Å². The molecule has 0 aliphatic rings. The Balaban J connectivity index is 3.94. The Morgan fingerprint density at radius 3 is 2.25 bits per heavy atom. The lowest BCUT2D eigenvalue weighted by Crippen LogP contribution is -1.96. The molecule has 0 amide bonds. The van der Waals surface area contributed by atoms with Crippen LogP contribution in [0.15, 0.2) is 4.53 Å². The van der Waals surface area contributed by atoms with Crippen molar-refractivity contribution in [3.8, 4) is 0 Å². The zero-order valence-electron chi connectivity index (χ0n) is 3.34. The van der Waals surface area contributed by atoms with Crippen molar-refractivity contribution in [3.63, 3.8) is 0 Å². The topological polar surface area (TPSA) is 93.0 Å². The lowest BCUT2D eigenvalue weighted by molar-refractivity contribution is 0.287. The van der Waals surface area contributed by atoms with Crippen LogP contribution < -0.4 is 0 Å². The van der Waals surface area contributed by atoms with Crippen molar-refractivity contribution in [2.75, 3.05) is 0 Å². The zero-order chi connectivity index (χ0) is 6.62. The summed E-state index contributed by atoms with van der Waals surface area (Å²) in [5.74, 6) is 0. The van der Waals surface area contributed by atoms with Crippen LogP contribution in [0, 0.1) is 0 Å². The van der Waals surface area contributed by atoms with Crippen molar-refractivity contribution in [2.24, 2.45) is 4.53 Å². The van der Waals surface area contributed by atoms with Gasteiger partial charge in [0.15, 0.2) is 0 Å². The molecular formula is HNO5S2. The molecule has 0 spiro atoms. The normalized spacial score (nSPS) is 10.6. The summed E-state index contributed by atoms with van der Waals surface area (Å²) in [7, 11) is -4.57. The van der Waals surface area contributed by atoms with Crippen LogP contribution in [0.25, 0.3) is 0 Å². The van der Waals surface area contributed by atoms with E-state index >= 15 is 0 Å². The number of hydrogen-bond acceptors (Lipinski definition) is 5. The Morgan fingerprint density at radius 1 is 1.62 bits per heavy atom. The summed E-state index contributed by atoms with van der Waals surface area (Å²) in [5, 5.41) is 0. The Morgan fingerprint density at radius 2 is 2.12 bits per heavy atom. The molecule has 0 aromatic heterocycles. The van der Waals surface area contributed by atoms with Gasteiger partial charge in [0.1, 0.15) is 0 Å². The highest BCUT2D eigenvalue weighted by Crippen LogP contribution is 1.82. The minimum Gasteiger partial charge on any atom is -0.262 e. The molecule has 0 aliphatic heterocycles. The Hall–Kier alpha value is -0.310. The predicted octanol–water partition coefficient (Wildman–Crippen LogP) is -0.883. The molecule has 8 heteroatoms. The molecule has 0 radical (unpaired) electrons. The van der Waals surface area contributed by atoms with Gasteiger partial charge in [-0.15, -0.1) is 0 Å². The van der Waals surface area contributed by atoms with Crippen LogP contribution in [0.3, 0.4) is 0 Å². The molecule has 0 saturated heterocycles. The minimum absolute atomic E-state index is 0.458. The van der Waals surface area contributed by atoms with E-state index in [9.17, 15) is 12.6 Å². The van der Waals surface area contributed by atoms with Crippen molar-refractivity contribution >= 4 is 21.9 Å². The van der Waals surface area contributed by atoms with E-state index < -0.39 is 21.9 Å². The summed E-state index contributed by atoms with van der Waals surface area (Å²) in [6.07, 6.45) is 0. The van der Waals surface area contributed by atoms with E-state index in [1.165, 1.54) is 0 Å². The van der Waals surface area contributed by atoms with E-state index in [2.05, 4.69) is 8.81 Å². The molecule has 48 valence electrons. The van der Waals surface area contributed by atoms with E-state index in [4.69, 9.17) is 4.55 Å². The highest BCUT2D eigenvalue weighted by molar-refractivity contribution is 7.81. The second-order valence-electron chi connectivity index (χ2n) is 0.651. The van der Waals surface area contributed by atoms with Gasteiger partial charge in [-0.1, -0.05) is 4.28 Å². The van der Waals surface area contributed by atoms with Crippen molar-refractivity contribution in [1.82, 2.24) is 0 Å². The first-order chi connectivity index (χ1) is 3.56. The maximum absolute atomic E-state index is 9.48. The van der Waals surface area contributed by atoms with Crippen molar-refractivity contribution in [3.05, 3.63) is 0 Å². The average molecular weight is 159 g/mol. The van der Waals surface area contributed by atoms with Gasteiger partial charge >= 0.3 is 10.4 Å². The van der Waals surface area contributed by atoms with Gasteiger partial charge in [0.05, 0.1) is 0 Å². The standard InChI is InChI=1S/HNO5S2/c2-7-1-6-8(3,4)5/h(H,3,4,5). The summed E-state index contributed by atoms with van der Waals surface area (Å²) >= 11 is -0.458. The van der Waals surface area contributed by atoms with E-state index in [1.807, 2.05) is 0 Å². The van der Waals surface area contributed by atoms with Crippen LogP contribution in [0.2, 0.25) is 0 Å². The van der Waals surface area contributed by atoms with Crippen LogP contribution in [0.5, 0.6) is 0 Å². The maximum atomic E-state index is 9.48. The molecule has 6 nitrogen and oxygen atoms in total. The smallest absolute Gasteiger partial charge is 0.262 e. The van der Waals surface area contributed by atoms with Gasteiger partial charge in [-0.05, 0) is 4.53 Å². The molecule has 0 bridgehead atoms. The summed E-state index contributed by atoms with van der Waals surface area (Å²) in [6.45, 7) is 0. The molecule has 0 unspecified atom stereocenters. The summed E-state index contributed by atoms with van der Waals surface area (Å²) in [4.78, 5) is 0. The first-order valence-corrected chi connectivity index (χ1v) is 3.28. The number of hydrogen-bond donors (Lipinski definition) is 1. The van der Waals surface area contributed by atoms with Gasteiger partial charge in [-0.2, -0.15) is 12.6 Å². The van der Waals surface area contributed by atoms with Gasteiger partial charge in [0.25, 0.3) is 0 Å². The zero-order valence-corrected chi connectivity index (χ0v) is 4.98. The average Bonchev–Trinajstić information content (AvgIpc) is 1.59. The first kappa shape index (κ1) is 7.69. The molecule has 8 heavy (non-hydrogen) atoms. The largest absolute Gasteiger partial charge is 0.421 e. The van der Waals surface area contributed by atoms with E-state index in [0.29, 0.717) is 0 Å².